The number of rotatable bonds is 6. The molecule has 7 nitrogen and oxygen atoms in total. The zero-order valence-corrected chi connectivity index (χ0v) is 20.4. The van der Waals surface area contributed by atoms with Crippen molar-refractivity contribution in [2.75, 3.05) is 30.6 Å². The Bertz CT molecular complexity index is 1310. The van der Waals surface area contributed by atoms with E-state index in [-0.39, 0.29) is 16.8 Å². The van der Waals surface area contributed by atoms with Gasteiger partial charge in [0.2, 0.25) is 0 Å². The van der Waals surface area contributed by atoms with Gasteiger partial charge in [-0.1, -0.05) is 24.3 Å². The first-order valence-corrected chi connectivity index (χ1v) is 13.3. The van der Waals surface area contributed by atoms with Crippen molar-refractivity contribution in [3.05, 3.63) is 83.9 Å². The number of hydrogen-bond acceptors (Lipinski definition) is 5. The summed E-state index contributed by atoms with van der Waals surface area (Å²) < 4.78 is 39.2. The maximum Gasteiger partial charge on any atom is 0.264 e. The fourth-order valence-electron chi connectivity index (χ4n) is 4.77. The van der Waals surface area contributed by atoms with E-state index in [0.717, 1.165) is 24.2 Å². The van der Waals surface area contributed by atoms with Gasteiger partial charge in [-0.25, -0.2) is 8.42 Å². The molecule has 3 aromatic carbocycles. The number of sulfonamides is 1. The van der Waals surface area contributed by atoms with Crippen molar-refractivity contribution in [1.82, 2.24) is 4.90 Å². The molecule has 2 aliphatic rings. The summed E-state index contributed by atoms with van der Waals surface area (Å²) in [6.07, 6.45) is 1.76. The largest absolute Gasteiger partial charge is 0.486 e. The molecule has 1 amide bonds. The zero-order valence-electron chi connectivity index (χ0n) is 19.6. The molecule has 1 unspecified atom stereocenters. The van der Waals surface area contributed by atoms with Crippen molar-refractivity contribution in [2.45, 2.75) is 30.7 Å². The molecule has 0 spiro atoms. The summed E-state index contributed by atoms with van der Waals surface area (Å²) in [6, 6.07) is 21.0. The number of benzene rings is 3. The summed E-state index contributed by atoms with van der Waals surface area (Å²) in [5, 5.41) is 0. The molecule has 0 aromatic heterocycles. The number of ether oxygens (including phenoxy) is 2. The number of para-hydroxylation sites is 1. The molecular formula is C27H28N2O5S. The molecule has 0 N–H and O–H groups in total. The van der Waals surface area contributed by atoms with Crippen molar-refractivity contribution in [1.29, 1.82) is 0 Å². The minimum atomic E-state index is -3.75. The second-order valence-corrected chi connectivity index (χ2v) is 10.5. The van der Waals surface area contributed by atoms with Gasteiger partial charge in [0.05, 0.1) is 16.6 Å². The molecular weight excluding hydrogens is 464 g/mol. The van der Waals surface area contributed by atoms with Gasteiger partial charge in [0.1, 0.15) is 13.2 Å². The van der Waals surface area contributed by atoms with Crippen LogP contribution in [0.1, 0.15) is 41.7 Å². The Hall–Kier alpha value is -3.52. The van der Waals surface area contributed by atoms with Gasteiger partial charge in [-0.15, -0.1) is 0 Å². The van der Waals surface area contributed by atoms with E-state index in [0.29, 0.717) is 43.3 Å². The van der Waals surface area contributed by atoms with E-state index in [1.807, 2.05) is 41.3 Å². The molecule has 0 radical (unpaired) electrons. The number of amides is 1. The Morgan fingerprint density at radius 3 is 2.40 bits per heavy atom. The minimum absolute atomic E-state index is 0.0598. The number of hydrogen-bond donors (Lipinski definition) is 0. The normalized spacial score (nSPS) is 17.3. The maximum absolute atomic E-state index is 13.4. The van der Waals surface area contributed by atoms with Crippen LogP contribution in [0.25, 0.3) is 0 Å². The van der Waals surface area contributed by atoms with Crippen LogP contribution in [-0.2, 0) is 10.0 Å². The molecule has 0 bridgehead atoms. The quantitative estimate of drug-likeness (QED) is 0.501. The molecule has 182 valence electrons. The highest BCUT2D eigenvalue weighted by Gasteiger charge is 2.32. The van der Waals surface area contributed by atoms with Crippen molar-refractivity contribution < 1.29 is 22.7 Å². The average molecular weight is 493 g/mol. The molecule has 2 heterocycles. The topological polar surface area (TPSA) is 76.2 Å². The SMILES string of the molecule is CCN(c1ccccc1)S(=O)(=O)c1ccc(C(=O)N2CCCC2c2ccc3c(c2)OCCO3)cc1. The minimum Gasteiger partial charge on any atom is -0.486 e. The van der Waals surface area contributed by atoms with Gasteiger partial charge in [0.25, 0.3) is 15.9 Å². The van der Waals surface area contributed by atoms with Crippen LogP contribution in [0.5, 0.6) is 11.5 Å². The molecule has 8 heteroatoms. The second kappa shape index (κ2) is 9.62. The third-order valence-electron chi connectivity index (χ3n) is 6.49. The van der Waals surface area contributed by atoms with E-state index >= 15 is 0 Å². The van der Waals surface area contributed by atoms with Crippen molar-refractivity contribution >= 4 is 21.6 Å². The smallest absolute Gasteiger partial charge is 0.264 e. The molecule has 1 atom stereocenters. The highest BCUT2D eigenvalue weighted by molar-refractivity contribution is 7.92. The number of anilines is 1. The third kappa shape index (κ3) is 4.46. The molecule has 35 heavy (non-hydrogen) atoms. The lowest BCUT2D eigenvalue weighted by Gasteiger charge is -2.27. The summed E-state index contributed by atoms with van der Waals surface area (Å²) >= 11 is 0. The number of fused-ring (bicyclic) bond motifs is 1. The van der Waals surface area contributed by atoms with Crippen LogP contribution >= 0.6 is 0 Å². The summed E-state index contributed by atoms with van der Waals surface area (Å²) in [5.41, 5.74) is 2.09. The first kappa shape index (κ1) is 23.2. The van der Waals surface area contributed by atoms with Crippen LogP contribution in [0.4, 0.5) is 5.69 Å². The lowest BCUT2D eigenvalue weighted by atomic mass is 10.0. The number of carbonyl (C=O) groups excluding carboxylic acids is 1. The highest BCUT2D eigenvalue weighted by Crippen LogP contribution is 2.38. The van der Waals surface area contributed by atoms with Crippen molar-refractivity contribution in [2.24, 2.45) is 0 Å². The Kier molecular flexibility index (Phi) is 6.38. The molecule has 0 saturated carbocycles. The van der Waals surface area contributed by atoms with E-state index < -0.39 is 10.0 Å². The van der Waals surface area contributed by atoms with E-state index in [1.54, 1.807) is 31.2 Å². The Morgan fingerprint density at radius 2 is 1.69 bits per heavy atom. The fraction of sp³-hybridized carbons (Fsp3) is 0.296. The van der Waals surface area contributed by atoms with Crippen LogP contribution in [0.2, 0.25) is 0 Å². The first-order valence-electron chi connectivity index (χ1n) is 11.9. The van der Waals surface area contributed by atoms with E-state index in [2.05, 4.69) is 0 Å². The average Bonchev–Trinajstić information content (AvgIpc) is 3.39. The summed E-state index contributed by atoms with van der Waals surface area (Å²) in [6.45, 7) is 3.80. The molecule has 3 aromatic rings. The Balaban J connectivity index is 1.36. The van der Waals surface area contributed by atoms with Gasteiger partial charge >= 0.3 is 0 Å². The van der Waals surface area contributed by atoms with Gasteiger partial charge in [-0.2, -0.15) is 0 Å². The monoisotopic (exact) mass is 492 g/mol. The number of nitrogens with zero attached hydrogens (tertiary/aromatic N) is 2. The van der Waals surface area contributed by atoms with Crippen LogP contribution in [0.15, 0.2) is 77.7 Å². The zero-order chi connectivity index (χ0) is 24.4. The number of carbonyl (C=O) groups is 1. The first-order chi connectivity index (χ1) is 17.0. The predicted molar refractivity (Wildman–Crippen MR) is 134 cm³/mol. The van der Waals surface area contributed by atoms with E-state index in [9.17, 15) is 13.2 Å². The predicted octanol–water partition coefficient (Wildman–Crippen LogP) is 4.65. The van der Waals surface area contributed by atoms with E-state index in [4.69, 9.17) is 9.47 Å². The van der Waals surface area contributed by atoms with Gasteiger partial charge < -0.3 is 14.4 Å². The Labute approximate surface area is 205 Å². The summed E-state index contributed by atoms with van der Waals surface area (Å²) in [7, 11) is -3.75. The van der Waals surface area contributed by atoms with Gasteiger partial charge in [-0.3, -0.25) is 9.10 Å². The van der Waals surface area contributed by atoms with Crippen molar-refractivity contribution in [3.63, 3.8) is 0 Å². The molecule has 1 fully saturated rings. The lowest BCUT2D eigenvalue weighted by molar-refractivity contribution is 0.0735. The van der Waals surface area contributed by atoms with Crippen LogP contribution < -0.4 is 13.8 Å². The van der Waals surface area contributed by atoms with Gasteiger partial charge in [-0.05, 0) is 73.9 Å². The van der Waals surface area contributed by atoms with Gasteiger partial charge in [0.15, 0.2) is 11.5 Å². The molecule has 1 saturated heterocycles. The van der Waals surface area contributed by atoms with Crippen molar-refractivity contribution in [3.8, 4) is 11.5 Å². The van der Waals surface area contributed by atoms with Crippen LogP contribution in [0.3, 0.4) is 0 Å². The van der Waals surface area contributed by atoms with Gasteiger partial charge in [0, 0.05) is 18.7 Å². The second-order valence-electron chi connectivity index (χ2n) is 8.59. The standard InChI is InChI=1S/C27H28N2O5S/c1-2-29(22-7-4-3-5-8-22)35(31,32)23-13-10-20(11-14-23)27(30)28-16-6-9-24(28)21-12-15-25-26(19-21)34-18-17-33-25/h3-5,7-8,10-15,19,24H,2,6,9,16-18H2,1H3. The summed E-state index contributed by atoms with van der Waals surface area (Å²) in [5.74, 6) is 1.33. The fourth-order valence-corrected chi connectivity index (χ4v) is 6.25. The maximum atomic E-state index is 13.4. The lowest BCUT2D eigenvalue weighted by Crippen LogP contribution is -2.31. The van der Waals surface area contributed by atoms with E-state index in [1.165, 1.54) is 16.4 Å². The summed E-state index contributed by atoms with van der Waals surface area (Å²) in [4.78, 5) is 15.4. The molecule has 5 rings (SSSR count). The molecule has 0 aliphatic carbocycles. The highest BCUT2D eigenvalue weighted by atomic mass is 32.2. The molecule has 2 aliphatic heterocycles. The van der Waals surface area contributed by atoms with Crippen LogP contribution in [-0.4, -0.2) is 45.5 Å². The van der Waals surface area contributed by atoms with Crippen LogP contribution in [0, 0.1) is 0 Å². The third-order valence-corrected chi connectivity index (χ3v) is 8.40. The Morgan fingerprint density at radius 1 is 0.971 bits per heavy atom. The number of likely N-dealkylation sites (tertiary alicyclic amines) is 1.